The number of carbonyl (C=O) groups is 1. The van der Waals surface area contributed by atoms with Crippen molar-refractivity contribution in [3.8, 4) is 11.3 Å². The molecular weight excluding hydrogens is 510 g/mol. The molecule has 0 N–H and O–H groups in total. The first kappa shape index (κ1) is 23.6. The largest absolute Gasteiger partial charge is 0.618 e. The van der Waals surface area contributed by atoms with Gasteiger partial charge in [-0.2, -0.15) is 9.04 Å². The van der Waals surface area contributed by atoms with Gasteiger partial charge in [-0.15, -0.1) is 11.3 Å². The van der Waals surface area contributed by atoms with E-state index < -0.39 is 10.0 Å². The van der Waals surface area contributed by atoms with Gasteiger partial charge in [0.1, 0.15) is 4.21 Å². The van der Waals surface area contributed by atoms with Crippen molar-refractivity contribution < 1.29 is 17.9 Å². The lowest BCUT2D eigenvalue weighted by molar-refractivity contribution is -0.600. The molecule has 4 aromatic rings. The van der Waals surface area contributed by atoms with Gasteiger partial charge in [-0.1, -0.05) is 17.7 Å². The molecule has 0 atom stereocenters. The Morgan fingerprint density at radius 3 is 2.51 bits per heavy atom. The van der Waals surface area contributed by atoms with Crippen LogP contribution < -0.4 is 4.73 Å². The zero-order valence-electron chi connectivity index (χ0n) is 18.6. The average Bonchev–Trinajstić information content (AvgIpc) is 3.30. The summed E-state index contributed by atoms with van der Waals surface area (Å²) in [6.07, 6.45) is 2.88. The molecule has 1 amide bonds. The molecule has 3 aromatic heterocycles. The van der Waals surface area contributed by atoms with Crippen LogP contribution in [0.5, 0.6) is 0 Å². The van der Waals surface area contributed by atoms with Gasteiger partial charge in [0.2, 0.25) is 11.5 Å². The summed E-state index contributed by atoms with van der Waals surface area (Å²) in [6.45, 7) is 2.48. The molecule has 0 unspecified atom stereocenters. The van der Waals surface area contributed by atoms with Crippen molar-refractivity contribution >= 4 is 49.0 Å². The van der Waals surface area contributed by atoms with E-state index in [-0.39, 0.29) is 42.1 Å². The Labute approximate surface area is 210 Å². The second kappa shape index (κ2) is 9.15. The molecule has 0 spiro atoms. The normalized spacial score (nSPS) is 15.0. The van der Waals surface area contributed by atoms with Crippen LogP contribution in [0.4, 0.5) is 0 Å². The highest BCUT2D eigenvalue weighted by atomic mass is 35.5. The molecule has 1 fully saturated rings. The molecule has 0 saturated carbocycles. The Morgan fingerprint density at radius 1 is 1.09 bits per heavy atom. The predicted octanol–water partition coefficient (Wildman–Crippen LogP) is 3.10. The summed E-state index contributed by atoms with van der Waals surface area (Å²) < 4.78 is 29.5. The minimum Gasteiger partial charge on any atom is -0.618 e. The summed E-state index contributed by atoms with van der Waals surface area (Å²) >= 11 is 7.20. The first-order valence-electron chi connectivity index (χ1n) is 10.7. The number of sulfonamides is 1. The Morgan fingerprint density at radius 2 is 1.80 bits per heavy atom. The molecule has 1 aliphatic heterocycles. The van der Waals surface area contributed by atoms with E-state index in [9.17, 15) is 18.4 Å². The fraction of sp³-hybridized carbons (Fsp3) is 0.217. The number of halogens is 1. The van der Waals surface area contributed by atoms with Gasteiger partial charge in [-0.05, 0) is 29.7 Å². The number of piperazine rings is 1. The third-order valence-corrected chi connectivity index (χ3v) is 9.53. The van der Waals surface area contributed by atoms with Crippen molar-refractivity contribution in [1.82, 2.24) is 19.2 Å². The number of hydrogen-bond donors (Lipinski definition) is 0. The van der Waals surface area contributed by atoms with Crippen LogP contribution in [0.3, 0.4) is 0 Å². The van der Waals surface area contributed by atoms with Crippen molar-refractivity contribution in [3.05, 3.63) is 76.6 Å². The van der Waals surface area contributed by atoms with E-state index in [1.165, 1.54) is 32.9 Å². The van der Waals surface area contributed by atoms with Crippen LogP contribution in [0.1, 0.15) is 16.3 Å². The van der Waals surface area contributed by atoms with Gasteiger partial charge >= 0.3 is 0 Å². The molecule has 4 heterocycles. The second-order valence-electron chi connectivity index (χ2n) is 8.09. The molecule has 0 aliphatic carbocycles. The van der Waals surface area contributed by atoms with Gasteiger partial charge in [0.15, 0.2) is 5.69 Å². The zero-order valence-corrected chi connectivity index (χ0v) is 21.0. The Hall–Kier alpha value is -3.12. The fourth-order valence-corrected chi connectivity index (χ4v) is 7.15. The molecule has 0 bridgehead atoms. The van der Waals surface area contributed by atoms with Crippen molar-refractivity contribution in [2.24, 2.45) is 0 Å². The Balaban J connectivity index is 1.27. The topological polar surface area (TPSA) is 110 Å². The summed E-state index contributed by atoms with van der Waals surface area (Å²) in [5, 5.41) is 13.6. The van der Waals surface area contributed by atoms with E-state index >= 15 is 0 Å². The lowest BCUT2D eigenvalue weighted by atomic mass is 10.2. The van der Waals surface area contributed by atoms with Crippen molar-refractivity contribution in [3.63, 3.8) is 0 Å². The number of amides is 1. The molecule has 9 nitrogen and oxygen atoms in total. The summed E-state index contributed by atoms with van der Waals surface area (Å²) in [5.41, 5.74) is 1.43. The van der Waals surface area contributed by atoms with Gasteiger partial charge in [0.05, 0.1) is 5.56 Å². The SMILES string of the molecule is Cc1cccc(-c2cnc(C(=O)N3CCN(S(=O)(=O)c4cc5ccc(Cl)cc5s4)CC3)nc2)[n+]1[O-]. The maximum absolute atomic E-state index is 13.2. The van der Waals surface area contributed by atoms with E-state index in [1.54, 1.807) is 49.4 Å². The van der Waals surface area contributed by atoms with Crippen molar-refractivity contribution in [2.45, 2.75) is 11.1 Å². The van der Waals surface area contributed by atoms with E-state index in [0.29, 0.717) is 22.0 Å². The average molecular weight is 530 g/mol. The van der Waals surface area contributed by atoms with E-state index in [4.69, 9.17) is 11.6 Å². The first-order valence-corrected chi connectivity index (χ1v) is 13.4. The lowest BCUT2D eigenvalue weighted by Crippen LogP contribution is -2.50. The summed E-state index contributed by atoms with van der Waals surface area (Å²) in [4.78, 5) is 22.7. The Bertz CT molecular complexity index is 1530. The monoisotopic (exact) mass is 529 g/mol. The van der Waals surface area contributed by atoms with Crippen LogP contribution in [0.15, 0.2) is 59.1 Å². The smallest absolute Gasteiger partial charge is 0.291 e. The van der Waals surface area contributed by atoms with Crippen LogP contribution in [0.2, 0.25) is 5.02 Å². The van der Waals surface area contributed by atoms with E-state index in [1.807, 2.05) is 0 Å². The predicted molar refractivity (Wildman–Crippen MR) is 133 cm³/mol. The number of rotatable bonds is 4. The van der Waals surface area contributed by atoms with Gasteiger partial charge in [0.25, 0.3) is 15.9 Å². The second-order valence-corrected chi connectivity index (χ2v) is 11.8. The number of nitrogens with zero attached hydrogens (tertiary/aromatic N) is 5. The molecule has 1 aliphatic rings. The van der Waals surface area contributed by atoms with Gasteiger partial charge < -0.3 is 10.1 Å². The quantitative estimate of drug-likeness (QED) is 0.297. The third kappa shape index (κ3) is 4.47. The van der Waals surface area contributed by atoms with Crippen molar-refractivity contribution in [1.29, 1.82) is 0 Å². The summed E-state index contributed by atoms with van der Waals surface area (Å²) in [6, 6.07) is 12.0. The van der Waals surface area contributed by atoms with E-state index in [0.717, 1.165) is 14.8 Å². The van der Waals surface area contributed by atoms with Crippen molar-refractivity contribution in [2.75, 3.05) is 26.2 Å². The highest BCUT2D eigenvalue weighted by molar-refractivity contribution is 7.91. The van der Waals surface area contributed by atoms with Gasteiger partial charge in [-0.25, -0.2) is 18.4 Å². The number of thiophene rings is 1. The first-order chi connectivity index (χ1) is 16.7. The summed E-state index contributed by atoms with van der Waals surface area (Å²) in [5.74, 6) is -0.388. The van der Waals surface area contributed by atoms with Crippen LogP contribution >= 0.6 is 22.9 Å². The molecular formula is C23H20ClN5O4S2. The highest BCUT2D eigenvalue weighted by Crippen LogP contribution is 2.33. The number of pyridine rings is 1. The molecule has 12 heteroatoms. The number of aryl methyl sites for hydroxylation is 1. The van der Waals surface area contributed by atoms with Gasteiger partial charge in [-0.3, -0.25) is 4.79 Å². The molecule has 0 radical (unpaired) electrons. The Kier molecular flexibility index (Phi) is 6.18. The number of carbonyl (C=O) groups excluding carboxylic acids is 1. The maximum atomic E-state index is 13.2. The van der Waals surface area contributed by atoms with Crippen LogP contribution in [-0.2, 0) is 10.0 Å². The van der Waals surface area contributed by atoms with Gasteiger partial charge in [0, 0.05) is 67.4 Å². The third-order valence-electron chi connectivity index (χ3n) is 5.85. The van der Waals surface area contributed by atoms with Crippen LogP contribution in [-0.4, -0.2) is 59.7 Å². The standard InChI is InChI=1S/C23H20ClN5O4S2/c1-15-3-2-4-19(29(15)31)17-13-25-22(26-14-17)23(30)27-7-9-28(10-8-27)35(32,33)21-11-16-5-6-18(24)12-20(16)34-21/h2-6,11-14H,7-10H2,1H3. The number of benzene rings is 1. The minimum absolute atomic E-state index is 0.00320. The molecule has 5 rings (SSSR count). The fourth-order valence-electron chi connectivity index (χ4n) is 3.90. The lowest BCUT2D eigenvalue weighted by Gasteiger charge is -2.33. The summed E-state index contributed by atoms with van der Waals surface area (Å²) in [7, 11) is -3.69. The number of fused-ring (bicyclic) bond motifs is 1. The number of aromatic nitrogens is 3. The number of hydrogen-bond acceptors (Lipinski definition) is 7. The molecule has 35 heavy (non-hydrogen) atoms. The highest BCUT2D eigenvalue weighted by Gasteiger charge is 2.32. The van der Waals surface area contributed by atoms with Crippen LogP contribution in [0, 0.1) is 12.1 Å². The van der Waals surface area contributed by atoms with E-state index in [2.05, 4.69) is 9.97 Å². The van der Waals surface area contributed by atoms with Crippen LogP contribution in [0.25, 0.3) is 21.3 Å². The zero-order chi connectivity index (χ0) is 24.7. The maximum Gasteiger partial charge on any atom is 0.291 e. The molecule has 180 valence electrons. The molecule has 1 saturated heterocycles. The minimum atomic E-state index is -3.69. The molecule has 1 aromatic carbocycles.